The maximum Gasteiger partial charge on any atom is 0.345 e. The first kappa shape index (κ1) is 20.1. The number of carbonyl (C=O) groups is 1. The number of fused-ring (bicyclic) bond motifs is 5. The highest BCUT2D eigenvalue weighted by Gasteiger charge is 2.67. The molecule has 4 aliphatic rings. The quantitative estimate of drug-likeness (QED) is 0.670. The van der Waals surface area contributed by atoms with Gasteiger partial charge in [0.15, 0.2) is 0 Å². The van der Waals surface area contributed by atoms with Crippen molar-refractivity contribution < 1.29 is 29.2 Å². The summed E-state index contributed by atoms with van der Waals surface area (Å²) in [6.07, 6.45) is 3.02. The summed E-state index contributed by atoms with van der Waals surface area (Å²) in [5, 5.41) is 21.6. The van der Waals surface area contributed by atoms with Crippen molar-refractivity contribution in [1.82, 2.24) is 0 Å². The third kappa shape index (κ3) is 2.24. The highest BCUT2D eigenvalue weighted by atomic mass is 16.7. The van der Waals surface area contributed by atoms with Gasteiger partial charge in [0.1, 0.15) is 22.7 Å². The fraction of sp³-hybridized carbons (Fsp3) is 0.708. The van der Waals surface area contributed by atoms with Crippen LogP contribution in [0.25, 0.3) is 0 Å². The lowest BCUT2D eigenvalue weighted by molar-refractivity contribution is -0.210. The van der Waals surface area contributed by atoms with Crippen LogP contribution in [0.5, 0.6) is 11.5 Å². The van der Waals surface area contributed by atoms with E-state index in [1.165, 1.54) is 7.11 Å². The number of phenols is 1. The van der Waals surface area contributed by atoms with E-state index in [0.717, 1.165) is 25.7 Å². The summed E-state index contributed by atoms with van der Waals surface area (Å²) in [5.74, 6) is 0.673. The molecule has 164 valence electrons. The lowest BCUT2D eigenvalue weighted by Gasteiger charge is -2.64. The number of cyclic esters (lactones) is 1. The van der Waals surface area contributed by atoms with Crippen LogP contribution in [0.4, 0.5) is 0 Å². The number of esters is 1. The molecular weight excluding hydrogens is 384 g/mol. The molecule has 2 heterocycles. The van der Waals surface area contributed by atoms with Crippen molar-refractivity contribution in [3.63, 3.8) is 0 Å². The molecular formula is C24H32O6. The van der Waals surface area contributed by atoms with Gasteiger partial charge in [-0.25, -0.2) is 4.79 Å². The first-order valence-electron chi connectivity index (χ1n) is 11.1. The van der Waals surface area contributed by atoms with Crippen molar-refractivity contribution in [2.75, 3.05) is 7.11 Å². The van der Waals surface area contributed by atoms with Gasteiger partial charge in [0.2, 0.25) is 6.29 Å². The molecule has 6 heteroatoms. The molecule has 6 atom stereocenters. The minimum absolute atomic E-state index is 0.133. The largest absolute Gasteiger partial charge is 0.508 e. The SMILES string of the molecule is COC1OC(=O)c2c1cc(O)c1c2O[C@]2(C1)[C@H](C)CC[C@H]1C(C)(C)[C@H](O)CC[C@@]12C. The lowest BCUT2D eigenvalue weighted by Crippen LogP contribution is -2.66. The Morgan fingerprint density at radius 1 is 1.20 bits per heavy atom. The second kappa shape index (κ2) is 6.13. The second-order valence-electron chi connectivity index (χ2n) is 10.6. The molecule has 2 aliphatic heterocycles. The second-order valence-corrected chi connectivity index (χ2v) is 10.6. The average molecular weight is 417 g/mol. The first-order chi connectivity index (χ1) is 14.1. The maximum atomic E-state index is 12.7. The van der Waals surface area contributed by atoms with Gasteiger partial charge in [-0.05, 0) is 49.0 Å². The van der Waals surface area contributed by atoms with E-state index >= 15 is 0 Å². The Bertz CT molecular complexity index is 923. The van der Waals surface area contributed by atoms with Gasteiger partial charge >= 0.3 is 5.97 Å². The van der Waals surface area contributed by atoms with E-state index in [2.05, 4.69) is 27.7 Å². The van der Waals surface area contributed by atoms with Gasteiger partial charge < -0.3 is 24.4 Å². The number of aromatic hydroxyl groups is 1. The molecule has 1 spiro atoms. The van der Waals surface area contributed by atoms with Crippen molar-refractivity contribution in [2.45, 2.75) is 77.8 Å². The Labute approximate surface area is 177 Å². The molecule has 30 heavy (non-hydrogen) atoms. The number of rotatable bonds is 1. The zero-order chi connectivity index (χ0) is 21.6. The van der Waals surface area contributed by atoms with Crippen molar-refractivity contribution in [3.05, 3.63) is 22.8 Å². The molecule has 1 unspecified atom stereocenters. The Morgan fingerprint density at radius 2 is 1.93 bits per heavy atom. The molecule has 2 saturated carbocycles. The zero-order valence-electron chi connectivity index (χ0n) is 18.4. The average Bonchev–Trinajstić information content (AvgIpc) is 3.23. The Morgan fingerprint density at radius 3 is 2.63 bits per heavy atom. The number of methoxy groups -OCH3 is 1. The molecule has 6 nitrogen and oxygen atoms in total. The first-order valence-corrected chi connectivity index (χ1v) is 11.1. The molecule has 0 saturated heterocycles. The Balaban J connectivity index is 1.66. The highest BCUT2D eigenvalue weighted by Crippen LogP contribution is 2.67. The van der Waals surface area contributed by atoms with Gasteiger partial charge in [0.05, 0.1) is 6.10 Å². The molecule has 0 bridgehead atoms. The van der Waals surface area contributed by atoms with Crippen LogP contribution in [0.15, 0.2) is 6.07 Å². The molecule has 0 radical (unpaired) electrons. The van der Waals surface area contributed by atoms with Gasteiger partial charge in [-0.3, -0.25) is 0 Å². The Kier molecular flexibility index (Phi) is 4.12. The predicted molar refractivity (Wildman–Crippen MR) is 109 cm³/mol. The van der Waals surface area contributed by atoms with Crippen molar-refractivity contribution in [2.24, 2.45) is 22.7 Å². The van der Waals surface area contributed by atoms with Crippen molar-refractivity contribution in [1.29, 1.82) is 0 Å². The van der Waals surface area contributed by atoms with Crippen LogP contribution in [-0.2, 0) is 15.9 Å². The predicted octanol–water partition coefficient (Wildman–Crippen LogP) is 4.11. The minimum Gasteiger partial charge on any atom is -0.508 e. The van der Waals surface area contributed by atoms with Gasteiger partial charge in [-0.2, -0.15) is 0 Å². The number of hydrogen-bond donors (Lipinski definition) is 2. The number of hydrogen-bond acceptors (Lipinski definition) is 6. The summed E-state index contributed by atoms with van der Waals surface area (Å²) < 4.78 is 17.5. The molecule has 0 amide bonds. The monoisotopic (exact) mass is 416 g/mol. The molecule has 1 aromatic rings. The van der Waals surface area contributed by atoms with E-state index in [-0.39, 0.29) is 34.5 Å². The summed E-state index contributed by atoms with van der Waals surface area (Å²) in [4.78, 5) is 12.7. The summed E-state index contributed by atoms with van der Waals surface area (Å²) >= 11 is 0. The van der Waals surface area contributed by atoms with E-state index in [0.29, 0.717) is 28.9 Å². The number of benzene rings is 1. The van der Waals surface area contributed by atoms with Gasteiger partial charge in [-0.1, -0.05) is 27.7 Å². The van der Waals surface area contributed by atoms with Crippen LogP contribution in [-0.4, -0.2) is 35.0 Å². The summed E-state index contributed by atoms with van der Waals surface area (Å²) in [5.41, 5.74) is 0.672. The van der Waals surface area contributed by atoms with E-state index < -0.39 is 17.9 Å². The number of carbonyl (C=O) groups excluding carboxylic acids is 1. The Hall–Kier alpha value is -1.79. The van der Waals surface area contributed by atoms with Crippen molar-refractivity contribution >= 4 is 5.97 Å². The van der Waals surface area contributed by atoms with E-state index in [1.54, 1.807) is 6.07 Å². The molecule has 5 rings (SSSR count). The molecule has 0 aromatic heterocycles. The molecule has 2 fully saturated rings. The smallest absolute Gasteiger partial charge is 0.345 e. The van der Waals surface area contributed by atoms with E-state index in [4.69, 9.17) is 14.2 Å². The number of aliphatic hydroxyl groups is 1. The van der Waals surface area contributed by atoms with Crippen LogP contribution in [0.2, 0.25) is 0 Å². The topological polar surface area (TPSA) is 85.2 Å². The summed E-state index contributed by atoms with van der Waals surface area (Å²) in [6, 6.07) is 1.59. The summed E-state index contributed by atoms with van der Waals surface area (Å²) in [6.45, 7) is 8.85. The van der Waals surface area contributed by atoms with Gasteiger partial charge in [0.25, 0.3) is 0 Å². The van der Waals surface area contributed by atoms with E-state index in [1.807, 2.05) is 0 Å². The fourth-order valence-corrected chi connectivity index (χ4v) is 7.30. The van der Waals surface area contributed by atoms with E-state index in [9.17, 15) is 15.0 Å². The molecule has 2 aliphatic carbocycles. The van der Waals surface area contributed by atoms with Crippen LogP contribution < -0.4 is 4.74 Å². The van der Waals surface area contributed by atoms with Crippen molar-refractivity contribution in [3.8, 4) is 11.5 Å². The third-order valence-electron chi connectivity index (χ3n) is 9.12. The minimum atomic E-state index is -0.820. The van der Waals surface area contributed by atoms with Gasteiger partial charge in [0, 0.05) is 30.1 Å². The fourth-order valence-electron chi connectivity index (χ4n) is 7.30. The van der Waals surface area contributed by atoms with Crippen LogP contribution in [0.1, 0.15) is 81.2 Å². The van der Waals surface area contributed by atoms with Crippen LogP contribution in [0.3, 0.4) is 0 Å². The standard InChI is InChI=1S/C24H32O6/c1-12-6-7-16-22(2,3)17(26)8-9-23(16,4)24(12)11-14-15(25)10-13-18(19(14)30-24)20(27)29-21(13)28-5/h10,12,16-17,21,25-26H,6-9,11H2,1-5H3/t12-,16+,17-,21?,23+,24-/m1/s1. The van der Waals surface area contributed by atoms with Gasteiger partial charge in [-0.15, -0.1) is 0 Å². The lowest BCUT2D eigenvalue weighted by atomic mass is 9.43. The zero-order valence-corrected chi connectivity index (χ0v) is 18.4. The number of aliphatic hydroxyl groups excluding tert-OH is 1. The highest BCUT2D eigenvalue weighted by molar-refractivity contribution is 5.98. The summed E-state index contributed by atoms with van der Waals surface area (Å²) in [7, 11) is 1.48. The van der Waals surface area contributed by atoms with Crippen LogP contribution >= 0.6 is 0 Å². The molecule has 2 N–H and O–H groups in total. The number of phenolic OH excluding ortho intramolecular Hbond substituents is 1. The normalized spacial score (nSPS) is 41.1. The maximum absolute atomic E-state index is 12.7. The molecule has 1 aromatic carbocycles. The number of ether oxygens (including phenoxy) is 3. The third-order valence-corrected chi connectivity index (χ3v) is 9.12. The van der Waals surface area contributed by atoms with Crippen LogP contribution in [0, 0.1) is 22.7 Å².